The third kappa shape index (κ3) is 9.41. The summed E-state index contributed by atoms with van der Waals surface area (Å²) < 4.78 is 30.9. The molecule has 1 aromatic carbocycles. The number of nitrogens with one attached hydrogen (secondary N) is 2. The third-order valence-corrected chi connectivity index (χ3v) is 7.49. The number of anilines is 2. The average Bonchev–Trinajstić information content (AvgIpc) is 2.94. The Morgan fingerprint density at radius 3 is 2.37 bits per heavy atom. The number of carbonyl (C=O) groups excluding carboxylic acids is 1. The number of hydrogen-bond acceptors (Lipinski definition) is 8. The highest BCUT2D eigenvalue weighted by molar-refractivity contribution is 7.92. The molecule has 0 aliphatic carbocycles. The number of sulfonamides is 1. The fourth-order valence-electron chi connectivity index (χ4n) is 4.63. The quantitative estimate of drug-likeness (QED) is 0.306. The summed E-state index contributed by atoms with van der Waals surface area (Å²) >= 11 is 0. The lowest BCUT2D eigenvalue weighted by Crippen LogP contribution is -2.51. The van der Waals surface area contributed by atoms with Crippen LogP contribution >= 0.6 is 0 Å². The van der Waals surface area contributed by atoms with Crippen LogP contribution in [0.5, 0.6) is 11.6 Å². The monoisotopic (exact) mass is 582 g/mol. The highest BCUT2D eigenvalue weighted by Crippen LogP contribution is 2.24. The minimum Gasteiger partial charge on any atom is -0.439 e. The molecule has 4 rings (SSSR count). The molecule has 0 radical (unpaired) electrons. The van der Waals surface area contributed by atoms with Crippen LogP contribution in [0.3, 0.4) is 0 Å². The molecule has 2 aromatic heterocycles. The second-order valence-corrected chi connectivity index (χ2v) is 12.1. The molecule has 3 N–H and O–H groups in total. The van der Waals surface area contributed by atoms with Crippen molar-refractivity contribution in [1.29, 1.82) is 0 Å². The zero-order chi connectivity index (χ0) is 29.4. The van der Waals surface area contributed by atoms with Gasteiger partial charge in [0.25, 0.3) is 0 Å². The van der Waals surface area contributed by atoms with E-state index in [1.807, 2.05) is 38.1 Å². The standard InChI is InChI=1S/C29H38N6O5S/c1-4-26(36)20-35(29(37)32-24-7-5-21(2)30-18-24)25-13-15-34(16-14-25)19-22-6-12-28(31-17-22)40-27-10-8-23(9-11-27)33-41(3,38)39/h5-12,17-18,25-26,33,36H,4,13-16,19-20H2,1-3H3,(H,32,37). The van der Waals surface area contributed by atoms with Crippen LogP contribution in [0.25, 0.3) is 0 Å². The summed E-state index contributed by atoms with van der Waals surface area (Å²) in [4.78, 5) is 25.9. The smallest absolute Gasteiger partial charge is 0.322 e. The van der Waals surface area contributed by atoms with Crippen molar-refractivity contribution < 1.29 is 23.1 Å². The average molecular weight is 583 g/mol. The SMILES string of the molecule is CCC(O)CN(C(=O)Nc1ccc(C)nc1)C1CCN(Cc2ccc(Oc3ccc(NS(C)(=O)=O)cc3)nc2)CC1. The van der Waals surface area contributed by atoms with E-state index in [9.17, 15) is 18.3 Å². The van der Waals surface area contributed by atoms with Gasteiger partial charge in [-0.3, -0.25) is 14.6 Å². The first-order valence-electron chi connectivity index (χ1n) is 13.7. The number of hydrogen-bond donors (Lipinski definition) is 3. The molecule has 41 heavy (non-hydrogen) atoms. The maximum atomic E-state index is 13.2. The van der Waals surface area contributed by atoms with Gasteiger partial charge in [0.05, 0.1) is 24.2 Å². The second kappa shape index (κ2) is 13.7. The van der Waals surface area contributed by atoms with Crippen LogP contribution in [0.4, 0.5) is 16.2 Å². The molecule has 3 heterocycles. The lowest BCUT2D eigenvalue weighted by Gasteiger charge is -2.39. The first-order valence-corrected chi connectivity index (χ1v) is 15.6. The van der Waals surface area contributed by atoms with Crippen molar-refractivity contribution in [2.24, 2.45) is 0 Å². The van der Waals surface area contributed by atoms with Gasteiger partial charge < -0.3 is 20.1 Å². The van der Waals surface area contributed by atoms with E-state index in [-0.39, 0.29) is 18.6 Å². The van der Waals surface area contributed by atoms with Gasteiger partial charge in [0, 0.05) is 55.9 Å². The molecule has 2 amide bonds. The number of rotatable bonds is 11. The second-order valence-electron chi connectivity index (χ2n) is 10.3. The van der Waals surface area contributed by atoms with Gasteiger partial charge in [0.15, 0.2) is 0 Å². The minimum absolute atomic E-state index is 0.0266. The molecule has 220 valence electrons. The van der Waals surface area contributed by atoms with Gasteiger partial charge >= 0.3 is 6.03 Å². The summed E-state index contributed by atoms with van der Waals surface area (Å²) in [7, 11) is -3.34. The van der Waals surface area contributed by atoms with E-state index >= 15 is 0 Å². The van der Waals surface area contributed by atoms with Crippen LogP contribution < -0.4 is 14.8 Å². The molecule has 1 atom stereocenters. The number of nitrogens with zero attached hydrogens (tertiary/aromatic N) is 4. The highest BCUT2D eigenvalue weighted by Gasteiger charge is 2.29. The van der Waals surface area contributed by atoms with Crippen molar-refractivity contribution in [3.8, 4) is 11.6 Å². The molecular formula is C29H38N6O5S. The fourth-order valence-corrected chi connectivity index (χ4v) is 5.19. The van der Waals surface area contributed by atoms with Gasteiger partial charge in [0.2, 0.25) is 15.9 Å². The number of likely N-dealkylation sites (tertiary alicyclic amines) is 1. The van der Waals surface area contributed by atoms with E-state index in [1.165, 1.54) is 0 Å². The van der Waals surface area contributed by atoms with Gasteiger partial charge in [-0.1, -0.05) is 13.0 Å². The first-order chi connectivity index (χ1) is 19.6. The van der Waals surface area contributed by atoms with Crippen molar-refractivity contribution in [2.45, 2.75) is 51.8 Å². The van der Waals surface area contributed by atoms with E-state index in [0.717, 1.165) is 50.0 Å². The molecule has 11 nitrogen and oxygen atoms in total. The Kier molecular flexibility index (Phi) is 10.1. The van der Waals surface area contributed by atoms with E-state index in [1.54, 1.807) is 41.6 Å². The zero-order valence-corrected chi connectivity index (χ0v) is 24.5. The molecule has 12 heteroatoms. The molecule has 0 saturated carbocycles. The van der Waals surface area contributed by atoms with Gasteiger partial charge in [-0.05, 0) is 68.1 Å². The minimum atomic E-state index is -3.34. The molecule has 0 bridgehead atoms. The fraction of sp³-hybridized carbons (Fsp3) is 0.414. The number of carbonyl (C=O) groups is 1. The molecule has 0 spiro atoms. The lowest BCUT2D eigenvalue weighted by atomic mass is 10.0. The largest absolute Gasteiger partial charge is 0.439 e. The van der Waals surface area contributed by atoms with Gasteiger partial charge in [-0.25, -0.2) is 18.2 Å². The Labute approximate surface area is 241 Å². The lowest BCUT2D eigenvalue weighted by molar-refractivity contribution is 0.0766. The van der Waals surface area contributed by atoms with Crippen molar-refractivity contribution >= 4 is 27.4 Å². The number of urea groups is 1. The number of aromatic nitrogens is 2. The van der Waals surface area contributed by atoms with Crippen LogP contribution in [-0.4, -0.2) is 77.4 Å². The van der Waals surface area contributed by atoms with E-state index in [2.05, 4.69) is 24.9 Å². The van der Waals surface area contributed by atoms with Crippen LogP contribution in [0.1, 0.15) is 37.4 Å². The molecule has 1 saturated heterocycles. The zero-order valence-electron chi connectivity index (χ0n) is 23.7. The van der Waals surface area contributed by atoms with E-state index in [0.29, 0.717) is 29.4 Å². The Hall–Kier alpha value is -3.74. The highest BCUT2D eigenvalue weighted by atomic mass is 32.2. The normalized spacial score (nSPS) is 15.2. The Morgan fingerprint density at radius 2 is 1.78 bits per heavy atom. The number of amides is 2. The number of aliphatic hydroxyl groups is 1. The summed E-state index contributed by atoms with van der Waals surface area (Å²) in [6.07, 6.45) is 6.13. The summed E-state index contributed by atoms with van der Waals surface area (Å²) in [6.45, 7) is 6.45. The van der Waals surface area contributed by atoms with Crippen molar-refractivity contribution in [3.63, 3.8) is 0 Å². The summed E-state index contributed by atoms with van der Waals surface area (Å²) in [5.41, 5.74) is 3.02. The molecule has 1 unspecified atom stereocenters. The Bertz CT molecular complexity index is 1380. The van der Waals surface area contributed by atoms with Crippen LogP contribution in [0.2, 0.25) is 0 Å². The van der Waals surface area contributed by atoms with E-state index < -0.39 is 16.1 Å². The third-order valence-electron chi connectivity index (χ3n) is 6.88. The number of benzene rings is 1. The molecule has 3 aromatic rings. The number of aryl methyl sites for hydroxylation is 1. The number of pyridine rings is 2. The Balaban J connectivity index is 1.29. The van der Waals surface area contributed by atoms with Gasteiger partial charge in [-0.15, -0.1) is 0 Å². The Morgan fingerprint density at radius 1 is 1.07 bits per heavy atom. The number of ether oxygens (including phenoxy) is 1. The number of aliphatic hydroxyl groups excluding tert-OH is 1. The maximum absolute atomic E-state index is 13.2. The van der Waals surface area contributed by atoms with Crippen molar-refractivity contribution in [3.05, 3.63) is 72.2 Å². The molecule has 1 aliphatic rings. The summed E-state index contributed by atoms with van der Waals surface area (Å²) in [5, 5.41) is 13.3. The molecule has 1 aliphatic heterocycles. The van der Waals surface area contributed by atoms with Crippen molar-refractivity contribution in [1.82, 2.24) is 19.8 Å². The topological polar surface area (TPSA) is 137 Å². The summed E-state index contributed by atoms with van der Waals surface area (Å²) in [6, 6.07) is 13.9. The predicted molar refractivity (Wildman–Crippen MR) is 159 cm³/mol. The van der Waals surface area contributed by atoms with Crippen LogP contribution in [0, 0.1) is 6.92 Å². The first kappa shape index (κ1) is 30.2. The van der Waals surface area contributed by atoms with Gasteiger partial charge in [-0.2, -0.15) is 0 Å². The predicted octanol–water partition coefficient (Wildman–Crippen LogP) is 4.22. The van der Waals surface area contributed by atoms with Crippen LogP contribution in [-0.2, 0) is 16.6 Å². The van der Waals surface area contributed by atoms with Crippen LogP contribution in [0.15, 0.2) is 60.9 Å². The maximum Gasteiger partial charge on any atom is 0.322 e. The molecular weight excluding hydrogens is 544 g/mol. The number of piperidine rings is 1. The van der Waals surface area contributed by atoms with Gasteiger partial charge in [0.1, 0.15) is 5.75 Å². The summed E-state index contributed by atoms with van der Waals surface area (Å²) in [5.74, 6) is 0.989. The molecule has 1 fully saturated rings. The van der Waals surface area contributed by atoms with Crippen molar-refractivity contribution in [2.75, 3.05) is 35.9 Å². The van der Waals surface area contributed by atoms with E-state index in [4.69, 9.17) is 4.74 Å².